The minimum atomic E-state index is -0.894. The van der Waals surface area contributed by atoms with Crippen molar-refractivity contribution in [3.05, 3.63) is 66.6 Å². The van der Waals surface area contributed by atoms with Crippen LogP contribution in [0.3, 0.4) is 0 Å². The molecule has 9 nitrogen and oxygen atoms in total. The van der Waals surface area contributed by atoms with Crippen molar-refractivity contribution in [2.24, 2.45) is 7.05 Å². The summed E-state index contributed by atoms with van der Waals surface area (Å²) in [5, 5.41) is 10.1. The summed E-state index contributed by atoms with van der Waals surface area (Å²) < 4.78 is 7.31. The highest BCUT2D eigenvalue weighted by Crippen LogP contribution is 2.25. The van der Waals surface area contributed by atoms with E-state index >= 15 is 0 Å². The first kappa shape index (κ1) is 15.9. The molecule has 0 saturated heterocycles. The summed E-state index contributed by atoms with van der Waals surface area (Å²) in [6.07, 6.45) is 0. The van der Waals surface area contributed by atoms with Gasteiger partial charge in [-0.1, -0.05) is 0 Å². The summed E-state index contributed by atoms with van der Waals surface area (Å²) >= 11 is 1.16. The number of nitrogens with zero attached hydrogens (tertiary/aromatic N) is 4. The van der Waals surface area contributed by atoms with Gasteiger partial charge in [0, 0.05) is 24.2 Å². The lowest BCUT2D eigenvalue weighted by Gasteiger charge is -2.09. The van der Waals surface area contributed by atoms with E-state index in [1.54, 1.807) is 32.2 Å². The zero-order valence-corrected chi connectivity index (χ0v) is 13.6. The zero-order chi connectivity index (χ0) is 17.4. The lowest BCUT2D eigenvalue weighted by molar-refractivity contribution is -0.763. The molecule has 10 heteroatoms. The fourth-order valence-electron chi connectivity index (χ4n) is 2.31. The van der Waals surface area contributed by atoms with Crippen LogP contribution in [0.15, 0.2) is 33.9 Å². The molecule has 0 aliphatic carbocycles. The molecule has 0 atom stereocenters. The number of benzene rings is 1. The Balaban J connectivity index is 2.17. The van der Waals surface area contributed by atoms with Gasteiger partial charge in [-0.3, -0.25) is 4.79 Å². The highest BCUT2D eigenvalue weighted by Gasteiger charge is 2.13. The first-order valence-corrected chi connectivity index (χ1v) is 7.61. The molecule has 0 amide bonds. The van der Waals surface area contributed by atoms with Gasteiger partial charge in [-0.2, -0.15) is 4.37 Å². The minimum absolute atomic E-state index is 0.294. The van der Waals surface area contributed by atoms with Crippen LogP contribution in [-0.4, -0.2) is 18.6 Å². The molecule has 0 bridgehead atoms. The zero-order valence-electron chi connectivity index (χ0n) is 12.8. The summed E-state index contributed by atoms with van der Waals surface area (Å²) in [4.78, 5) is 39.3. The van der Waals surface area contributed by atoms with E-state index in [1.807, 2.05) is 0 Å². The molecule has 0 radical (unpaired) electrons. The molecule has 0 spiro atoms. The maximum atomic E-state index is 12.4. The third kappa shape index (κ3) is 2.67. The van der Waals surface area contributed by atoms with E-state index in [0.717, 1.165) is 20.8 Å². The number of aryl methyl sites for hydroxylation is 1. The van der Waals surface area contributed by atoms with Crippen LogP contribution < -0.4 is 11.2 Å². The van der Waals surface area contributed by atoms with Gasteiger partial charge >= 0.3 is 5.69 Å². The third-order valence-corrected chi connectivity index (χ3v) is 4.52. The maximum Gasteiger partial charge on any atom is 0.335 e. The second kappa shape index (κ2) is 5.89. The van der Waals surface area contributed by atoms with Gasteiger partial charge in [-0.15, -0.1) is 10.1 Å². The maximum absolute atomic E-state index is 12.4. The van der Waals surface area contributed by atoms with E-state index < -0.39 is 16.3 Å². The number of hydrogen-bond donors (Lipinski definition) is 0. The minimum Gasteiger partial charge on any atom is -0.307 e. The molecule has 0 fully saturated rings. The fourth-order valence-corrected chi connectivity index (χ4v) is 3.07. The van der Waals surface area contributed by atoms with Crippen LogP contribution in [0.25, 0.3) is 15.8 Å². The van der Waals surface area contributed by atoms with Crippen LogP contribution in [0.2, 0.25) is 0 Å². The third-order valence-electron chi connectivity index (χ3n) is 3.65. The lowest BCUT2D eigenvalue weighted by atomic mass is 10.2. The topological polar surface area (TPSA) is 109 Å². The van der Waals surface area contributed by atoms with Gasteiger partial charge in [0.2, 0.25) is 0 Å². The summed E-state index contributed by atoms with van der Waals surface area (Å²) in [5.41, 5.74) is 0.396. The Morgan fingerprint density at radius 1 is 1.33 bits per heavy atom. The molecule has 0 aliphatic heterocycles. The van der Waals surface area contributed by atoms with Crippen molar-refractivity contribution in [3.63, 3.8) is 0 Å². The van der Waals surface area contributed by atoms with Gasteiger partial charge in [0.25, 0.3) is 10.6 Å². The van der Waals surface area contributed by atoms with Crippen molar-refractivity contribution in [2.75, 3.05) is 0 Å². The van der Waals surface area contributed by atoms with Gasteiger partial charge in [0.05, 0.1) is 16.1 Å². The standard InChI is InChI=1S/C14H12N4O5S/c1-8-5-13(19)17(14(20)16(8)2)9-3-4-12-10(6-9)11(15-24-12)7-23-18(21)22/h3-6H,7H2,1-2H3. The van der Waals surface area contributed by atoms with Crippen LogP contribution in [0.4, 0.5) is 0 Å². The predicted molar refractivity (Wildman–Crippen MR) is 87.0 cm³/mol. The molecule has 2 heterocycles. The predicted octanol–water partition coefficient (Wildman–Crippen LogP) is 1.16. The van der Waals surface area contributed by atoms with Gasteiger partial charge in [-0.05, 0) is 36.7 Å². The number of aromatic nitrogens is 3. The first-order valence-electron chi connectivity index (χ1n) is 6.84. The highest BCUT2D eigenvalue weighted by atomic mass is 32.1. The number of fused-ring (bicyclic) bond motifs is 1. The van der Waals surface area contributed by atoms with E-state index in [-0.39, 0.29) is 6.61 Å². The van der Waals surface area contributed by atoms with Crippen LogP contribution in [0.5, 0.6) is 0 Å². The molecule has 1 aromatic carbocycles. The normalized spacial score (nSPS) is 10.9. The Labute approximate surface area is 138 Å². The van der Waals surface area contributed by atoms with Crippen LogP contribution in [-0.2, 0) is 18.5 Å². The average molecular weight is 348 g/mol. The Morgan fingerprint density at radius 2 is 2.08 bits per heavy atom. The molecular formula is C14H12N4O5S. The van der Waals surface area contributed by atoms with Crippen LogP contribution >= 0.6 is 11.5 Å². The van der Waals surface area contributed by atoms with E-state index in [0.29, 0.717) is 22.5 Å². The van der Waals surface area contributed by atoms with E-state index in [9.17, 15) is 19.7 Å². The molecule has 0 aliphatic rings. The van der Waals surface area contributed by atoms with Gasteiger partial charge in [0.1, 0.15) is 6.61 Å². The lowest BCUT2D eigenvalue weighted by Crippen LogP contribution is -2.38. The first-order chi connectivity index (χ1) is 11.4. The summed E-state index contributed by atoms with van der Waals surface area (Å²) in [6.45, 7) is 1.38. The number of rotatable bonds is 4. The van der Waals surface area contributed by atoms with Crippen molar-refractivity contribution in [2.45, 2.75) is 13.5 Å². The summed E-state index contributed by atoms with van der Waals surface area (Å²) in [7, 11) is 1.58. The van der Waals surface area contributed by atoms with Gasteiger partial charge in [0.15, 0.2) is 0 Å². The van der Waals surface area contributed by atoms with Crippen molar-refractivity contribution >= 4 is 21.6 Å². The Hall–Kier alpha value is -3.01. The fraction of sp³-hybridized carbons (Fsp3) is 0.214. The van der Waals surface area contributed by atoms with Crippen molar-refractivity contribution in [3.8, 4) is 5.69 Å². The van der Waals surface area contributed by atoms with Crippen LogP contribution in [0, 0.1) is 17.0 Å². The molecule has 0 unspecified atom stereocenters. The highest BCUT2D eigenvalue weighted by molar-refractivity contribution is 7.13. The van der Waals surface area contributed by atoms with E-state index in [1.165, 1.54) is 10.6 Å². The average Bonchev–Trinajstić information content (AvgIpc) is 2.93. The van der Waals surface area contributed by atoms with Crippen molar-refractivity contribution < 1.29 is 9.92 Å². The SMILES string of the molecule is Cc1cc(=O)n(-c2ccc3snc(CO[N+](=O)[O-])c3c2)c(=O)n1C. The van der Waals surface area contributed by atoms with Crippen LogP contribution in [0.1, 0.15) is 11.4 Å². The van der Waals surface area contributed by atoms with E-state index in [4.69, 9.17) is 0 Å². The smallest absolute Gasteiger partial charge is 0.307 e. The summed E-state index contributed by atoms with van der Waals surface area (Å²) in [5.74, 6) is 0. The van der Waals surface area contributed by atoms with E-state index in [2.05, 4.69) is 9.21 Å². The number of hydrogen-bond acceptors (Lipinski definition) is 7. The largest absolute Gasteiger partial charge is 0.335 e. The Kier molecular flexibility index (Phi) is 3.89. The van der Waals surface area contributed by atoms with Gasteiger partial charge in [-0.25, -0.2) is 9.36 Å². The van der Waals surface area contributed by atoms with Crippen molar-refractivity contribution in [1.82, 2.24) is 13.5 Å². The van der Waals surface area contributed by atoms with Crippen molar-refractivity contribution in [1.29, 1.82) is 0 Å². The quantitative estimate of drug-likeness (QED) is 0.517. The molecule has 24 heavy (non-hydrogen) atoms. The monoisotopic (exact) mass is 348 g/mol. The molecule has 3 rings (SSSR count). The molecule has 2 aromatic heterocycles. The molecule has 0 saturated carbocycles. The summed E-state index contributed by atoms with van der Waals surface area (Å²) in [6, 6.07) is 6.32. The molecule has 0 N–H and O–H groups in total. The Bertz CT molecular complexity index is 1070. The second-order valence-electron chi connectivity index (χ2n) is 5.11. The second-order valence-corrected chi connectivity index (χ2v) is 5.91. The molecule has 124 valence electrons. The Morgan fingerprint density at radius 3 is 2.79 bits per heavy atom. The molecular weight excluding hydrogens is 336 g/mol. The van der Waals surface area contributed by atoms with Gasteiger partial charge < -0.3 is 9.40 Å². The molecule has 3 aromatic rings.